The number of ketones is 1. The Hall–Kier alpha value is -1.16. The summed E-state index contributed by atoms with van der Waals surface area (Å²) in [4.78, 5) is 12.7. The van der Waals surface area contributed by atoms with Crippen molar-refractivity contribution in [3.05, 3.63) is 34.9 Å². The van der Waals surface area contributed by atoms with Gasteiger partial charge in [0.1, 0.15) is 0 Å². The van der Waals surface area contributed by atoms with E-state index in [4.69, 9.17) is 0 Å². The van der Waals surface area contributed by atoms with Crippen LogP contribution < -0.4 is 0 Å². The zero-order valence-corrected chi connectivity index (χ0v) is 12.7. The number of sulfone groups is 1. The zero-order chi connectivity index (χ0) is 14.5. The Morgan fingerprint density at radius 3 is 2.30 bits per heavy atom. The minimum atomic E-state index is -2.95. The number of aryl methyl sites for hydroxylation is 2. The van der Waals surface area contributed by atoms with Crippen LogP contribution in [0.25, 0.3) is 0 Å². The lowest BCUT2D eigenvalue weighted by Crippen LogP contribution is -2.36. The van der Waals surface area contributed by atoms with E-state index in [1.54, 1.807) is 0 Å². The van der Waals surface area contributed by atoms with Crippen LogP contribution >= 0.6 is 0 Å². The van der Waals surface area contributed by atoms with E-state index in [9.17, 15) is 13.2 Å². The normalized spacial score (nSPS) is 31.2. The van der Waals surface area contributed by atoms with Gasteiger partial charge in [-0.25, -0.2) is 8.42 Å². The molecule has 2 fully saturated rings. The van der Waals surface area contributed by atoms with Crippen LogP contribution in [0.4, 0.5) is 0 Å². The Balaban J connectivity index is 1.88. The number of hydrogen-bond donors (Lipinski definition) is 0. The largest absolute Gasteiger partial charge is 0.294 e. The van der Waals surface area contributed by atoms with E-state index in [0.29, 0.717) is 12.8 Å². The molecule has 2 aliphatic rings. The van der Waals surface area contributed by atoms with Crippen molar-refractivity contribution in [3.63, 3.8) is 0 Å². The van der Waals surface area contributed by atoms with Gasteiger partial charge in [0.05, 0.1) is 10.5 Å². The highest BCUT2D eigenvalue weighted by Gasteiger charge is 2.48. The fourth-order valence-electron chi connectivity index (χ4n) is 3.64. The summed E-state index contributed by atoms with van der Waals surface area (Å²) in [6, 6.07) is 5.90. The second kappa shape index (κ2) is 4.69. The van der Waals surface area contributed by atoms with Crippen molar-refractivity contribution >= 4 is 15.6 Å². The van der Waals surface area contributed by atoms with E-state index >= 15 is 0 Å². The molecule has 0 amide bonds. The molecule has 2 heterocycles. The number of rotatable bonds is 2. The maximum atomic E-state index is 12.7. The highest BCUT2D eigenvalue weighted by atomic mass is 32.2. The topological polar surface area (TPSA) is 51.2 Å². The fraction of sp³-hybridized carbons (Fsp3) is 0.562. The Bertz CT molecular complexity index is 640. The number of carbonyl (C=O) groups is 1. The Kier molecular flexibility index (Phi) is 3.24. The molecule has 0 aliphatic carbocycles. The monoisotopic (exact) mass is 292 g/mol. The Morgan fingerprint density at radius 2 is 1.70 bits per heavy atom. The molecule has 1 aromatic carbocycles. The molecule has 3 nitrogen and oxygen atoms in total. The molecule has 2 atom stereocenters. The third-order valence-corrected chi connectivity index (χ3v) is 7.58. The molecule has 3 rings (SSSR count). The van der Waals surface area contributed by atoms with Crippen LogP contribution in [0.15, 0.2) is 18.2 Å². The van der Waals surface area contributed by atoms with E-state index in [1.807, 2.05) is 32.0 Å². The molecule has 20 heavy (non-hydrogen) atoms. The van der Waals surface area contributed by atoms with E-state index < -0.39 is 9.84 Å². The van der Waals surface area contributed by atoms with Crippen molar-refractivity contribution in [2.24, 2.45) is 5.92 Å². The Morgan fingerprint density at radius 1 is 1.10 bits per heavy atom. The number of Topliss-reactive ketones (excluding diaryl/α,β-unsaturated/α-hetero) is 1. The van der Waals surface area contributed by atoms with E-state index in [1.165, 1.54) is 0 Å². The number of carbonyl (C=O) groups excluding carboxylic acids is 1. The van der Waals surface area contributed by atoms with Crippen LogP contribution in [0.1, 0.15) is 47.2 Å². The first kappa shape index (κ1) is 13.8. The van der Waals surface area contributed by atoms with Gasteiger partial charge in [-0.3, -0.25) is 4.79 Å². The lowest BCUT2D eigenvalue weighted by atomic mass is 9.88. The van der Waals surface area contributed by atoms with Crippen LogP contribution in [-0.4, -0.2) is 24.7 Å². The Labute approximate surface area is 120 Å². The SMILES string of the molecule is Cc1ccc(C)c(C(=O)C2CC3CCC(C2)S3(=O)=O)c1. The minimum Gasteiger partial charge on any atom is -0.294 e. The van der Waals surface area contributed by atoms with Crippen LogP contribution in [0.5, 0.6) is 0 Å². The van der Waals surface area contributed by atoms with Gasteiger partial charge < -0.3 is 0 Å². The molecule has 2 unspecified atom stereocenters. The van der Waals surface area contributed by atoms with Gasteiger partial charge >= 0.3 is 0 Å². The first-order valence-electron chi connectivity index (χ1n) is 7.24. The van der Waals surface area contributed by atoms with E-state index in [0.717, 1.165) is 29.5 Å². The second-order valence-electron chi connectivity index (χ2n) is 6.26. The van der Waals surface area contributed by atoms with E-state index in [2.05, 4.69) is 0 Å². The molecule has 4 heteroatoms. The van der Waals surface area contributed by atoms with Crippen molar-refractivity contribution in [2.45, 2.75) is 50.0 Å². The molecule has 1 aromatic rings. The van der Waals surface area contributed by atoms with Crippen molar-refractivity contribution < 1.29 is 13.2 Å². The smallest absolute Gasteiger partial charge is 0.166 e. The summed E-state index contributed by atoms with van der Waals surface area (Å²) in [6.07, 6.45) is 2.52. The van der Waals surface area contributed by atoms with Crippen LogP contribution in [0, 0.1) is 19.8 Å². The van der Waals surface area contributed by atoms with Crippen LogP contribution in [0.3, 0.4) is 0 Å². The van der Waals surface area contributed by atoms with Crippen molar-refractivity contribution in [1.29, 1.82) is 0 Å². The first-order valence-corrected chi connectivity index (χ1v) is 8.84. The summed E-state index contributed by atoms with van der Waals surface area (Å²) in [7, 11) is -2.95. The maximum Gasteiger partial charge on any atom is 0.166 e. The molecule has 0 spiro atoms. The number of fused-ring (bicyclic) bond motifs is 2. The summed E-state index contributed by atoms with van der Waals surface area (Å²) in [6.45, 7) is 3.92. The van der Waals surface area contributed by atoms with Gasteiger partial charge in [-0.2, -0.15) is 0 Å². The number of benzene rings is 1. The quantitative estimate of drug-likeness (QED) is 0.788. The predicted octanol–water partition coefficient (Wildman–Crippen LogP) is 2.84. The van der Waals surface area contributed by atoms with Gasteiger partial charge in [0.2, 0.25) is 0 Å². The maximum absolute atomic E-state index is 12.7. The van der Waals surface area contributed by atoms with E-state index in [-0.39, 0.29) is 22.2 Å². The highest BCUT2D eigenvalue weighted by Crippen LogP contribution is 2.42. The summed E-state index contributed by atoms with van der Waals surface area (Å²) in [5.41, 5.74) is 2.83. The molecule has 2 bridgehead atoms. The minimum absolute atomic E-state index is 0.114. The summed E-state index contributed by atoms with van der Waals surface area (Å²) >= 11 is 0. The predicted molar refractivity (Wildman–Crippen MR) is 78.7 cm³/mol. The van der Waals surface area contributed by atoms with Crippen molar-refractivity contribution in [3.8, 4) is 0 Å². The standard InChI is InChI=1S/C16H20O3S/c1-10-3-4-11(2)15(7-10)16(17)12-8-13-5-6-14(9-12)20(13,18)19/h3-4,7,12-14H,5-6,8-9H2,1-2H3. The molecular weight excluding hydrogens is 272 g/mol. The lowest BCUT2D eigenvalue weighted by molar-refractivity contribution is 0.0904. The average Bonchev–Trinajstić information content (AvgIpc) is 2.59. The van der Waals surface area contributed by atoms with Gasteiger partial charge in [-0.1, -0.05) is 17.7 Å². The van der Waals surface area contributed by atoms with Crippen LogP contribution in [-0.2, 0) is 9.84 Å². The molecule has 0 saturated carbocycles. The molecule has 0 N–H and O–H groups in total. The third kappa shape index (κ3) is 2.10. The van der Waals surface area contributed by atoms with Crippen molar-refractivity contribution in [2.75, 3.05) is 0 Å². The van der Waals surface area contributed by atoms with Crippen LogP contribution in [0.2, 0.25) is 0 Å². The molecule has 0 aromatic heterocycles. The van der Waals surface area contributed by atoms with Gasteiger partial charge in [-0.05, 0) is 51.2 Å². The molecule has 2 aliphatic heterocycles. The molecular formula is C16H20O3S. The van der Waals surface area contributed by atoms with Gasteiger partial charge in [0, 0.05) is 11.5 Å². The first-order chi connectivity index (χ1) is 9.39. The fourth-order valence-corrected chi connectivity index (χ4v) is 6.12. The summed E-state index contributed by atoms with van der Waals surface area (Å²) < 4.78 is 24.2. The average molecular weight is 292 g/mol. The molecule has 108 valence electrons. The lowest BCUT2D eigenvalue weighted by Gasteiger charge is -2.27. The molecule has 0 radical (unpaired) electrons. The van der Waals surface area contributed by atoms with Gasteiger partial charge in [0.25, 0.3) is 0 Å². The summed E-state index contributed by atoms with van der Waals surface area (Å²) in [5, 5.41) is -0.555. The summed E-state index contributed by atoms with van der Waals surface area (Å²) in [5.74, 6) is 0.0227. The van der Waals surface area contributed by atoms with Crippen molar-refractivity contribution in [1.82, 2.24) is 0 Å². The molecule has 2 saturated heterocycles. The third-order valence-electron chi connectivity index (χ3n) is 4.86. The highest BCUT2D eigenvalue weighted by molar-refractivity contribution is 7.93. The number of hydrogen-bond acceptors (Lipinski definition) is 3. The van der Waals surface area contributed by atoms with Gasteiger partial charge in [0.15, 0.2) is 15.6 Å². The van der Waals surface area contributed by atoms with Gasteiger partial charge in [-0.15, -0.1) is 0 Å². The second-order valence-corrected chi connectivity index (χ2v) is 8.77. The zero-order valence-electron chi connectivity index (χ0n) is 11.9.